The van der Waals surface area contributed by atoms with Gasteiger partial charge in [0.2, 0.25) is 10.0 Å². The molecule has 2 rings (SSSR count). The van der Waals surface area contributed by atoms with Crippen molar-refractivity contribution in [3.05, 3.63) is 33.4 Å². The van der Waals surface area contributed by atoms with Crippen molar-refractivity contribution in [3.63, 3.8) is 0 Å². The van der Waals surface area contributed by atoms with Crippen molar-refractivity contribution in [3.8, 4) is 0 Å². The summed E-state index contributed by atoms with van der Waals surface area (Å²) in [5.74, 6) is 0. The van der Waals surface area contributed by atoms with Gasteiger partial charge in [-0.1, -0.05) is 6.92 Å². The first kappa shape index (κ1) is 21.8. The van der Waals surface area contributed by atoms with Crippen LogP contribution in [0.1, 0.15) is 37.3 Å². The fourth-order valence-corrected chi connectivity index (χ4v) is 4.71. The Hall–Kier alpha value is -1.22. The van der Waals surface area contributed by atoms with E-state index in [-0.39, 0.29) is 29.0 Å². The first-order valence-corrected chi connectivity index (χ1v) is 9.73. The summed E-state index contributed by atoms with van der Waals surface area (Å²) < 4.78 is 28.1. The second-order valence-electron chi connectivity index (χ2n) is 6.38. The number of non-ortho nitro benzene ring substituents is 1. The molecule has 1 heterocycles. The lowest BCUT2D eigenvalue weighted by atomic mass is 10.1. The van der Waals surface area contributed by atoms with Crippen LogP contribution < -0.4 is 4.72 Å². The number of rotatable bonds is 6. The van der Waals surface area contributed by atoms with Gasteiger partial charge in [0.1, 0.15) is 0 Å². The third-order valence-corrected chi connectivity index (χ3v) is 6.20. The average molecular weight is 392 g/mol. The number of likely N-dealkylation sites (tertiary alicyclic amines) is 1. The number of nitro groups is 1. The van der Waals surface area contributed by atoms with E-state index in [0.717, 1.165) is 45.0 Å². The Balaban J connectivity index is 0.00000312. The molecule has 0 radical (unpaired) electrons. The summed E-state index contributed by atoms with van der Waals surface area (Å²) >= 11 is 0. The second kappa shape index (κ2) is 8.93. The van der Waals surface area contributed by atoms with Gasteiger partial charge < -0.3 is 4.90 Å². The zero-order valence-corrected chi connectivity index (χ0v) is 16.5. The Labute approximate surface area is 155 Å². The van der Waals surface area contributed by atoms with Crippen LogP contribution in [0.15, 0.2) is 17.0 Å². The quantitative estimate of drug-likeness (QED) is 0.594. The summed E-state index contributed by atoms with van der Waals surface area (Å²) in [4.78, 5) is 12.8. The SMILES string of the molecule is CCCN1CCC(NS(=O)(=O)c2cc([N+](=O)[O-])cc(C)c2C)CC1.Cl. The molecule has 9 heteroatoms. The van der Waals surface area contributed by atoms with Gasteiger partial charge >= 0.3 is 0 Å². The molecular formula is C16H26ClN3O4S. The lowest BCUT2D eigenvalue weighted by molar-refractivity contribution is -0.385. The molecule has 0 unspecified atom stereocenters. The van der Waals surface area contributed by atoms with Crippen molar-refractivity contribution in [1.82, 2.24) is 9.62 Å². The number of aryl methyl sites for hydroxylation is 1. The lowest BCUT2D eigenvalue weighted by Gasteiger charge is -2.32. The van der Waals surface area contributed by atoms with Crippen molar-refractivity contribution in [2.24, 2.45) is 0 Å². The normalized spacial score (nSPS) is 16.4. The van der Waals surface area contributed by atoms with Crippen LogP contribution in [0.5, 0.6) is 0 Å². The van der Waals surface area contributed by atoms with Crippen molar-refractivity contribution in [1.29, 1.82) is 0 Å². The Kier molecular flexibility index (Phi) is 7.80. The van der Waals surface area contributed by atoms with Gasteiger partial charge in [-0.15, -0.1) is 12.4 Å². The van der Waals surface area contributed by atoms with Crippen molar-refractivity contribution in [2.45, 2.75) is 51.0 Å². The topological polar surface area (TPSA) is 92.6 Å². The molecule has 1 N–H and O–H groups in total. The molecule has 142 valence electrons. The van der Waals surface area contributed by atoms with E-state index in [1.54, 1.807) is 13.8 Å². The van der Waals surface area contributed by atoms with Gasteiger partial charge in [0.25, 0.3) is 5.69 Å². The van der Waals surface area contributed by atoms with E-state index < -0.39 is 14.9 Å². The third kappa shape index (κ3) is 5.37. The van der Waals surface area contributed by atoms with Crippen LogP contribution in [0.3, 0.4) is 0 Å². The monoisotopic (exact) mass is 391 g/mol. The molecule has 0 aromatic heterocycles. The maximum atomic E-state index is 12.7. The molecule has 1 aliphatic rings. The lowest BCUT2D eigenvalue weighted by Crippen LogP contribution is -2.44. The van der Waals surface area contributed by atoms with Crippen LogP contribution in [-0.4, -0.2) is 43.9 Å². The molecule has 1 fully saturated rings. The second-order valence-corrected chi connectivity index (χ2v) is 8.06. The van der Waals surface area contributed by atoms with E-state index in [1.807, 2.05) is 0 Å². The highest BCUT2D eigenvalue weighted by Gasteiger charge is 2.27. The summed E-state index contributed by atoms with van der Waals surface area (Å²) in [6.07, 6.45) is 2.60. The van der Waals surface area contributed by atoms with E-state index in [4.69, 9.17) is 0 Å². The minimum Gasteiger partial charge on any atom is -0.303 e. The minimum atomic E-state index is -3.77. The molecular weight excluding hydrogens is 366 g/mol. The van der Waals surface area contributed by atoms with Gasteiger partial charge in [-0.2, -0.15) is 0 Å². The van der Waals surface area contributed by atoms with Gasteiger partial charge in [-0.25, -0.2) is 13.1 Å². The number of halogens is 1. The van der Waals surface area contributed by atoms with E-state index in [2.05, 4.69) is 16.5 Å². The first-order chi connectivity index (χ1) is 11.2. The molecule has 0 aliphatic carbocycles. The van der Waals surface area contributed by atoms with E-state index in [1.165, 1.54) is 6.07 Å². The van der Waals surface area contributed by atoms with Gasteiger partial charge in [-0.05, 0) is 63.9 Å². The fraction of sp³-hybridized carbons (Fsp3) is 0.625. The number of hydrogen-bond donors (Lipinski definition) is 1. The molecule has 0 spiro atoms. The van der Waals surface area contributed by atoms with Gasteiger partial charge in [0.15, 0.2) is 0 Å². The number of benzene rings is 1. The van der Waals surface area contributed by atoms with Crippen LogP contribution in [-0.2, 0) is 10.0 Å². The first-order valence-electron chi connectivity index (χ1n) is 8.25. The standard InChI is InChI=1S/C16H25N3O4S.ClH/c1-4-7-18-8-5-14(6-9-18)17-24(22,23)16-11-15(19(20)21)10-12(2)13(16)3;/h10-11,14,17H,4-9H2,1-3H3;1H. The molecule has 0 saturated carbocycles. The molecule has 0 amide bonds. The zero-order valence-electron chi connectivity index (χ0n) is 14.8. The maximum Gasteiger partial charge on any atom is 0.271 e. The highest BCUT2D eigenvalue weighted by atomic mass is 35.5. The van der Waals surface area contributed by atoms with Crippen molar-refractivity contribution < 1.29 is 13.3 Å². The predicted molar refractivity (Wildman–Crippen MR) is 99.9 cm³/mol. The van der Waals surface area contributed by atoms with Crippen LogP contribution in [0, 0.1) is 24.0 Å². The highest BCUT2D eigenvalue weighted by molar-refractivity contribution is 7.89. The number of hydrogen-bond acceptors (Lipinski definition) is 5. The molecule has 25 heavy (non-hydrogen) atoms. The number of sulfonamides is 1. The van der Waals surface area contributed by atoms with Crippen LogP contribution in [0.4, 0.5) is 5.69 Å². The molecule has 0 atom stereocenters. The molecule has 7 nitrogen and oxygen atoms in total. The molecule has 0 bridgehead atoms. The highest BCUT2D eigenvalue weighted by Crippen LogP contribution is 2.26. The van der Waals surface area contributed by atoms with Crippen LogP contribution >= 0.6 is 12.4 Å². The number of nitrogens with zero attached hydrogens (tertiary/aromatic N) is 2. The molecule has 1 aromatic carbocycles. The smallest absolute Gasteiger partial charge is 0.271 e. The van der Waals surface area contributed by atoms with Gasteiger partial charge in [0, 0.05) is 18.2 Å². The third-order valence-electron chi connectivity index (χ3n) is 4.55. The average Bonchev–Trinajstić information content (AvgIpc) is 2.51. The molecule has 1 saturated heterocycles. The van der Waals surface area contributed by atoms with Gasteiger partial charge in [-0.3, -0.25) is 10.1 Å². The van der Waals surface area contributed by atoms with Crippen molar-refractivity contribution in [2.75, 3.05) is 19.6 Å². The summed E-state index contributed by atoms with van der Waals surface area (Å²) in [7, 11) is -3.77. The largest absolute Gasteiger partial charge is 0.303 e. The number of piperidine rings is 1. The molecule has 1 aromatic rings. The Morgan fingerprint density at radius 1 is 1.28 bits per heavy atom. The Morgan fingerprint density at radius 3 is 2.40 bits per heavy atom. The zero-order chi connectivity index (χ0) is 17.9. The number of nitrogens with one attached hydrogen (secondary N) is 1. The summed E-state index contributed by atoms with van der Waals surface area (Å²) in [5.41, 5.74) is 0.954. The van der Waals surface area contributed by atoms with E-state index in [0.29, 0.717) is 11.1 Å². The summed E-state index contributed by atoms with van der Waals surface area (Å²) in [5, 5.41) is 11.0. The van der Waals surface area contributed by atoms with Gasteiger partial charge in [0.05, 0.1) is 9.82 Å². The maximum absolute atomic E-state index is 12.7. The van der Waals surface area contributed by atoms with Crippen LogP contribution in [0.2, 0.25) is 0 Å². The van der Waals surface area contributed by atoms with Crippen LogP contribution in [0.25, 0.3) is 0 Å². The molecule has 1 aliphatic heterocycles. The van der Waals surface area contributed by atoms with E-state index in [9.17, 15) is 18.5 Å². The van der Waals surface area contributed by atoms with Crippen molar-refractivity contribution >= 4 is 28.1 Å². The van der Waals surface area contributed by atoms with E-state index >= 15 is 0 Å². The fourth-order valence-electron chi connectivity index (χ4n) is 3.07. The predicted octanol–water partition coefficient (Wildman–Crippen LogP) is 2.79. The Bertz CT molecular complexity index is 716. The number of nitro benzene ring substituents is 1. The minimum absolute atomic E-state index is 0. The summed E-state index contributed by atoms with van der Waals surface area (Å²) in [6.45, 7) is 8.26. The summed E-state index contributed by atoms with van der Waals surface area (Å²) in [6, 6.07) is 2.43. The Morgan fingerprint density at radius 2 is 1.88 bits per heavy atom.